The van der Waals surface area contributed by atoms with E-state index in [0.29, 0.717) is 5.56 Å². The standard InChI is InChI=1S/C12H14N2O2S/c1-6-5-10(12(15)16)8(3)14(6)11-7(2)13-9(4)17-11/h5H,1-4H3,(H,15,16). The van der Waals surface area contributed by atoms with Crippen molar-refractivity contribution in [3.8, 4) is 5.00 Å². The predicted octanol–water partition coefficient (Wildman–Crippen LogP) is 2.87. The van der Waals surface area contributed by atoms with Gasteiger partial charge >= 0.3 is 5.97 Å². The molecule has 17 heavy (non-hydrogen) atoms. The lowest BCUT2D eigenvalue weighted by molar-refractivity contribution is 0.0696. The zero-order valence-corrected chi connectivity index (χ0v) is 11.1. The van der Waals surface area contributed by atoms with Gasteiger partial charge in [-0.2, -0.15) is 0 Å². The lowest BCUT2D eigenvalue weighted by Gasteiger charge is -2.07. The van der Waals surface area contributed by atoms with E-state index >= 15 is 0 Å². The fraction of sp³-hybridized carbons (Fsp3) is 0.333. The van der Waals surface area contributed by atoms with E-state index in [1.165, 1.54) is 0 Å². The minimum absolute atomic E-state index is 0.355. The second-order valence-corrected chi connectivity index (χ2v) is 5.23. The molecule has 0 aliphatic carbocycles. The molecule has 0 bridgehead atoms. The lowest BCUT2D eigenvalue weighted by atomic mass is 10.2. The number of rotatable bonds is 2. The molecule has 90 valence electrons. The van der Waals surface area contributed by atoms with Crippen LogP contribution in [0.1, 0.15) is 32.4 Å². The van der Waals surface area contributed by atoms with Gasteiger partial charge in [-0.1, -0.05) is 0 Å². The summed E-state index contributed by atoms with van der Waals surface area (Å²) in [7, 11) is 0. The van der Waals surface area contributed by atoms with Crippen molar-refractivity contribution in [3.63, 3.8) is 0 Å². The highest BCUT2D eigenvalue weighted by Gasteiger charge is 2.18. The summed E-state index contributed by atoms with van der Waals surface area (Å²) < 4.78 is 1.96. The number of aryl methyl sites for hydroxylation is 3. The number of aromatic nitrogens is 2. The third-order valence-corrected chi connectivity index (χ3v) is 3.80. The van der Waals surface area contributed by atoms with Crippen LogP contribution < -0.4 is 0 Å². The van der Waals surface area contributed by atoms with Crippen LogP contribution in [-0.2, 0) is 0 Å². The molecule has 1 N–H and O–H groups in total. The third-order valence-electron chi connectivity index (χ3n) is 2.74. The summed E-state index contributed by atoms with van der Waals surface area (Å²) in [6, 6.07) is 1.70. The van der Waals surface area contributed by atoms with Crippen molar-refractivity contribution >= 4 is 17.3 Å². The smallest absolute Gasteiger partial charge is 0.337 e. The molecule has 0 radical (unpaired) electrons. The largest absolute Gasteiger partial charge is 0.478 e. The van der Waals surface area contributed by atoms with Crippen LogP contribution in [0.15, 0.2) is 6.07 Å². The summed E-state index contributed by atoms with van der Waals surface area (Å²) in [6.07, 6.45) is 0. The van der Waals surface area contributed by atoms with Crippen LogP contribution in [0.3, 0.4) is 0 Å². The van der Waals surface area contributed by atoms with E-state index in [4.69, 9.17) is 5.11 Å². The van der Waals surface area contributed by atoms with E-state index in [9.17, 15) is 4.79 Å². The zero-order chi connectivity index (χ0) is 12.7. The van der Waals surface area contributed by atoms with Crippen molar-refractivity contribution in [2.75, 3.05) is 0 Å². The van der Waals surface area contributed by atoms with Gasteiger partial charge < -0.3 is 9.67 Å². The lowest BCUT2D eigenvalue weighted by Crippen LogP contribution is -2.02. The maximum absolute atomic E-state index is 11.1. The topological polar surface area (TPSA) is 55.1 Å². The SMILES string of the molecule is Cc1nc(C)c(-n2c(C)cc(C(=O)O)c2C)s1. The van der Waals surface area contributed by atoms with E-state index < -0.39 is 5.97 Å². The van der Waals surface area contributed by atoms with Crippen LogP contribution in [-0.4, -0.2) is 20.6 Å². The quantitative estimate of drug-likeness (QED) is 0.891. The number of nitrogens with zero attached hydrogens (tertiary/aromatic N) is 2. The average molecular weight is 250 g/mol. The number of thiazole rings is 1. The Labute approximate surface area is 104 Å². The van der Waals surface area contributed by atoms with Gasteiger partial charge in [0, 0.05) is 11.4 Å². The van der Waals surface area contributed by atoms with Gasteiger partial charge in [0.25, 0.3) is 0 Å². The van der Waals surface area contributed by atoms with Crippen LogP contribution in [0.5, 0.6) is 0 Å². The average Bonchev–Trinajstić information content (AvgIpc) is 2.67. The molecule has 0 saturated heterocycles. The number of hydrogen-bond acceptors (Lipinski definition) is 3. The highest BCUT2D eigenvalue weighted by molar-refractivity contribution is 7.14. The summed E-state index contributed by atoms with van der Waals surface area (Å²) in [5.74, 6) is -0.886. The van der Waals surface area contributed by atoms with Crippen molar-refractivity contribution in [1.82, 2.24) is 9.55 Å². The molecule has 0 spiro atoms. The molecule has 0 atom stereocenters. The Hall–Kier alpha value is -1.62. The predicted molar refractivity (Wildman–Crippen MR) is 67.3 cm³/mol. The summed E-state index contributed by atoms with van der Waals surface area (Å²) in [4.78, 5) is 15.5. The minimum Gasteiger partial charge on any atom is -0.478 e. The molecule has 2 heterocycles. The number of carboxylic acid groups (broad SMARTS) is 1. The first kappa shape index (κ1) is 11.9. The van der Waals surface area contributed by atoms with Gasteiger partial charge in [0.2, 0.25) is 0 Å². The first-order valence-corrected chi connectivity index (χ1v) is 6.10. The van der Waals surface area contributed by atoms with Gasteiger partial charge in [0.05, 0.1) is 16.3 Å². The van der Waals surface area contributed by atoms with Crippen LogP contribution in [0.4, 0.5) is 0 Å². The summed E-state index contributed by atoms with van der Waals surface area (Å²) in [5.41, 5.74) is 2.97. The molecule has 0 unspecified atom stereocenters. The van der Waals surface area contributed by atoms with Gasteiger partial charge in [-0.25, -0.2) is 9.78 Å². The Morgan fingerprint density at radius 3 is 2.41 bits per heavy atom. The Bertz CT molecular complexity index is 596. The van der Waals surface area contributed by atoms with E-state index in [1.54, 1.807) is 17.4 Å². The van der Waals surface area contributed by atoms with Gasteiger partial charge in [0.1, 0.15) is 5.00 Å². The minimum atomic E-state index is -0.886. The van der Waals surface area contributed by atoms with Crippen molar-refractivity contribution in [1.29, 1.82) is 0 Å². The maximum atomic E-state index is 11.1. The van der Waals surface area contributed by atoms with E-state index in [-0.39, 0.29) is 0 Å². The second kappa shape index (κ2) is 4.00. The first-order valence-electron chi connectivity index (χ1n) is 5.28. The molecule has 2 aromatic heterocycles. The fourth-order valence-corrected chi connectivity index (χ4v) is 3.05. The summed E-state index contributed by atoms with van der Waals surface area (Å²) >= 11 is 1.58. The molecule has 4 nitrogen and oxygen atoms in total. The first-order chi connectivity index (χ1) is 7.91. The Morgan fingerprint density at radius 2 is 2.00 bits per heavy atom. The van der Waals surface area contributed by atoms with Gasteiger partial charge in [0.15, 0.2) is 0 Å². The summed E-state index contributed by atoms with van der Waals surface area (Å²) in [6.45, 7) is 7.63. The Balaban J connectivity index is 2.68. The monoisotopic (exact) mass is 250 g/mol. The number of carboxylic acids is 1. The molecule has 5 heteroatoms. The molecular weight excluding hydrogens is 236 g/mol. The van der Waals surface area contributed by atoms with E-state index in [2.05, 4.69) is 4.98 Å². The molecule has 0 aromatic carbocycles. The van der Waals surface area contributed by atoms with Crippen molar-refractivity contribution in [2.24, 2.45) is 0 Å². The van der Waals surface area contributed by atoms with E-state index in [0.717, 1.165) is 27.1 Å². The Kier molecular flexibility index (Phi) is 2.79. The molecule has 2 rings (SSSR count). The third kappa shape index (κ3) is 1.86. The van der Waals surface area contributed by atoms with Gasteiger partial charge in [-0.05, 0) is 33.8 Å². The number of aromatic carboxylic acids is 1. The molecule has 0 aliphatic heterocycles. The van der Waals surface area contributed by atoms with Crippen molar-refractivity contribution in [2.45, 2.75) is 27.7 Å². The molecule has 2 aromatic rings. The highest BCUT2D eigenvalue weighted by atomic mass is 32.1. The number of carbonyl (C=O) groups is 1. The van der Waals surface area contributed by atoms with E-state index in [1.807, 2.05) is 32.3 Å². The highest BCUT2D eigenvalue weighted by Crippen LogP contribution is 2.27. The molecule has 0 fully saturated rings. The van der Waals surface area contributed by atoms with Crippen LogP contribution >= 0.6 is 11.3 Å². The normalized spacial score (nSPS) is 10.8. The van der Waals surface area contributed by atoms with Crippen LogP contribution in [0.2, 0.25) is 0 Å². The fourth-order valence-electron chi connectivity index (χ4n) is 2.02. The second-order valence-electron chi connectivity index (χ2n) is 4.05. The van der Waals surface area contributed by atoms with Crippen LogP contribution in [0, 0.1) is 27.7 Å². The summed E-state index contributed by atoms with van der Waals surface area (Å²) in [5, 5.41) is 11.1. The molecule has 0 aliphatic rings. The molecular formula is C12H14N2O2S. The van der Waals surface area contributed by atoms with Gasteiger partial charge in [-0.15, -0.1) is 11.3 Å². The van der Waals surface area contributed by atoms with Crippen molar-refractivity contribution in [3.05, 3.63) is 33.7 Å². The van der Waals surface area contributed by atoms with Crippen molar-refractivity contribution < 1.29 is 9.90 Å². The molecule has 0 amide bonds. The van der Waals surface area contributed by atoms with Crippen LogP contribution in [0.25, 0.3) is 5.00 Å². The maximum Gasteiger partial charge on any atom is 0.337 e. The zero-order valence-electron chi connectivity index (χ0n) is 10.2. The number of hydrogen-bond donors (Lipinski definition) is 1. The van der Waals surface area contributed by atoms with Gasteiger partial charge in [-0.3, -0.25) is 0 Å². The Morgan fingerprint density at radius 1 is 1.35 bits per heavy atom. The molecule has 0 saturated carbocycles.